The molecule has 2 aromatic carbocycles. The van der Waals surface area contributed by atoms with Crippen molar-refractivity contribution in [2.45, 2.75) is 83.7 Å². The number of benzene rings is 2. The van der Waals surface area contributed by atoms with Gasteiger partial charge in [0.15, 0.2) is 5.75 Å². The van der Waals surface area contributed by atoms with Gasteiger partial charge in [0.25, 0.3) is 0 Å². The lowest BCUT2D eigenvalue weighted by Crippen LogP contribution is -2.47. The van der Waals surface area contributed by atoms with E-state index in [-0.39, 0.29) is 12.0 Å². The number of piperidine rings is 1. The molecule has 1 unspecified atom stereocenters. The smallest absolute Gasteiger partial charge is 0.229 e. The highest BCUT2D eigenvalue weighted by molar-refractivity contribution is 7.92. The Hall–Kier alpha value is -2.58. The Balaban J connectivity index is 1.25. The van der Waals surface area contributed by atoms with Crippen LogP contribution in [0.3, 0.4) is 0 Å². The van der Waals surface area contributed by atoms with Crippen molar-refractivity contribution >= 4 is 21.6 Å². The molecule has 1 amide bonds. The molecule has 2 N–H and O–H groups in total. The van der Waals surface area contributed by atoms with Gasteiger partial charge >= 0.3 is 0 Å². The summed E-state index contributed by atoms with van der Waals surface area (Å²) in [6.07, 6.45) is 12.7. The van der Waals surface area contributed by atoms with Crippen LogP contribution >= 0.6 is 0 Å². The first-order valence-corrected chi connectivity index (χ1v) is 16.6. The standard InChI is InChI=1S/C31H45N3O4S/c1-3-4-12-28(25-10-6-5-7-11-25)31(35)32-26-19-21-34(22-20-26)23-24-15-17-27(18-16-24)38-30-14-9-8-13-29(30)33-39(2,36)37/h8-9,13-18,25-26,28,33H,3-7,10-12,19-23H2,1-2H3,(H,32,35). The number of likely N-dealkylation sites (tertiary alicyclic amines) is 1. The maximum Gasteiger partial charge on any atom is 0.229 e. The number of rotatable bonds is 12. The van der Waals surface area contributed by atoms with E-state index in [1.807, 2.05) is 18.2 Å². The quantitative estimate of drug-likeness (QED) is 0.320. The summed E-state index contributed by atoms with van der Waals surface area (Å²) in [4.78, 5) is 15.7. The average Bonchev–Trinajstić information content (AvgIpc) is 2.92. The molecule has 1 saturated carbocycles. The molecule has 214 valence electrons. The van der Waals surface area contributed by atoms with Gasteiger partial charge in [0.2, 0.25) is 15.9 Å². The molecular formula is C31H45N3O4S. The van der Waals surface area contributed by atoms with Crippen molar-refractivity contribution in [1.29, 1.82) is 0 Å². The summed E-state index contributed by atoms with van der Waals surface area (Å²) in [5.41, 5.74) is 1.61. The van der Waals surface area contributed by atoms with E-state index in [1.54, 1.807) is 18.2 Å². The van der Waals surface area contributed by atoms with Crippen LogP contribution in [0.1, 0.15) is 76.7 Å². The highest BCUT2D eigenvalue weighted by atomic mass is 32.2. The van der Waals surface area contributed by atoms with Crippen LogP contribution in [0.2, 0.25) is 0 Å². The minimum absolute atomic E-state index is 0.193. The third kappa shape index (κ3) is 9.24. The van der Waals surface area contributed by atoms with Crippen molar-refractivity contribution in [3.63, 3.8) is 0 Å². The molecule has 1 aliphatic heterocycles. The van der Waals surface area contributed by atoms with Crippen LogP contribution in [0.15, 0.2) is 48.5 Å². The Morgan fingerprint density at radius 1 is 1.00 bits per heavy atom. The SMILES string of the molecule is CCCCC(C(=O)NC1CCN(Cc2ccc(Oc3ccccc3NS(C)(=O)=O)cc2)CC1)C1CCCCC1. The monoisotopic (exact) mass is 555 g/mol. The number of anilines is 1. The molecule has 0 bridgehead atoms. The van der Waals surface area contributed by atoms with Gasteiger partial charge in [0.1, 0.15) is 5.75 Å². The minimum atomic E-state index is -3.40. The molecule has 4 rings (SSSR count). The number of carbonyl (C=O) groups excluding carboxylic acids is 1. The van der Waals surface area contributed by atoms with Gasteiger partial charge in [-0.2, -0.15) is 0 Å². The van der Waals surface area contributed by atoms with Crippen molar-refractivity contribution in [1.82, 2.24) is 10.2 Å². The predicted octanol–water partition coefficient (Wildman–Crippen LogP) is 6.32. The molecule has 1 heterocycles. The molecule has 2 aromatic rings. The maximum absolute atomic E-state index is 13.3. The highest BCUT2D eigenvalue weighted by Gasteiger charge is 2.31. The molecule has 1 saturated heterocycles. The summed E-state index contributed by atoms with van der Waals surface area (Å²) in [5.74, 6) is 2.18. The van der Waals surface area contributed by atoms with Crippen molar-refractivity contribution in [3.05, 3.63) is 54.1 Å². The number of nitrogens with zero attached hydrogens (tertiary/aromatic N) is 1. The summed E-state index contributed by atoms with van der Waals surface area (Å²) >= 11 is 0. The van der Waals surface area contributed by atoms with E-state index >= 15 is 0 Å². The number of para-hydroxylation sites is 2. The molecular weight excluding hydrogens is 510 g/mol. The van der Waals surface area contributed by atoms with Crippen LogP contribution in [-0.2, 0) is 21.4 Å². The Kier molecular flexibility index (Phi) is 10.7. The Morgan fingerprint density at radius 3 is 2.36 bits per heavy atom. The second kappa shape index (κ2) is 14.2. The first-order valence-electron chi connectivity index (χ1n) is 14.7. The molecule has 7 nitrogen and oxygen atoms in total. The third-order valence-electron chi connectivity index (χ3n) is 8.10. The Labute approximate surface area is 234 Å². The molecule has 2 fully saturated rings. The van der Waals surface area contributed by atoms with Gasteiger partial charge in [-0.3, -0.25) is 14.4 Å². The van der Waals surface area contributed by atoms with Crippen LogP contribution < -0.4 is 14.8 Å². The van der Waals surface area contributed by atoms with Gasteiger partial charge in [-0.25, -0.2) is 8.42 Å². The number of unbranched alkanes of at least 4 members (excludes halogenated alkanes) is 1. The summed E-state index contributed by atoms with van der Waals surface area (Å²) in [7, 11) is -3.40. The van der Waals surface area contributed by atoms with Crippen LogP contribution in [0.5, 0.6) is 11.5 Å². The van der Waals surface area contributed by atoms with Crippen molar-refractivity contribution < 1.29 is 17.9 Å². The van der Waals surface area contributed by atoms with Crippen LogP contribution in [0, 0.1) is 11.8 Å². The number of amides is 1. The summed E-state index contributed by atoms with van der Waals surface area (Å²) < 4.78 is 31.8. The lowest BCUT2D eigenvalue weighted by atomic mass is 9.77. The molecule has 0 spiro atoms. The Bertz CT molecular complexity index is 1150. The van der Waals surface area contributed by atoms with Gasteiger partial charge < -0.3 is 10.1 Å². The summed E-state index contributed by atoms with van der Waals surface area (Å²) in [6, 6.07) is 15.2. The van der Waals surface area contributed by atoms with Gasteiger partial charge in [0.05, 0.1) is 11.9 Å². The number of ether oxygens (including phenoxy) is 1. The highest BCUT2D eigenvalue weighted by Crippen LogP contribution is 2.33. The molecule has 0 aromatic heterocycles. The van der Waals surface area contributed by atoms with E-state index in [0.717, 1.165) is 58.0 Å². The zero-order valence-corrected chi connectivity index (χ0v) is 24.3. The van der Waals surface area contributed by atoms with Crippen LogP contribution in [-0.4, -0.2) is 44.6 Å². The van der Waals surface area contributed by atoms with E-state index in [4.69, 9.17) is 4.74 Å². The third-order valence-corrected chi connectivity index (χ3v) is 8.69. The average molecular weight is 556 g/mol. The van der Waals surface area contributed by atoms with Gasteiger partial charge in [-0.05, 0) is 67.9 Å². The second-order valence-corrected chi connectivity index (χ2v) is 13.1. The number of hydrogen-bond donors (Lipinski definition) is 2. The topological polar surface area (TPSA) is 87.7 Å². The Morgan fingerprint density at radius 2 is 1.69 bits per heavy atom. The number of nitrogens with one attached hydrogen (secondary N) is 2. The van der Waals surface area contributed by atoms with Crippen LogP contribution in [0.25, 0.3) is 0 Å². The predicted molar refractivity (Wildman–Crippen MR) is 157 cm³/mol. The zero-order valence-electron chi connectivity index (χ0n) is 23.5. The summed E-state index contributed by atoms with van der Waals surface area (Å²) in [5, 5.41) is 3.43. The molecule has 1 aliphatic carbocycles. The minimum Gasteiger partial charge on any atom is -0.455 e. The fourth-order valence-corrected chi connectivity index (χ4v) is 6.54. The number of sulfonamides is 1. The first-order chi connectivity index (χ1) is 18.8. The lowest BCUT2D eigenvalue weighted by Gasteiger charge is -2.35. The number of hydrogen-bond acceptors (Lipinski definition) is 5. The maximum atomic E-state index is 13.3. The first kappa shape index (κ1) is 29.4. The fourth-order valence-electron chi connectivity index (χ4n) is 5.97. The van der Waals surface area contributed by atoms with Crippen molar-refractivity contribution in [2.75, 3.05) is 24.1 Å². The van der Waals surface area contributed by atoms with Crippen molar-refractivity contribution in [2.24, 2.45) is 11.8 Å². The fraction of sp³-hybridized carbons (Fsp3) is 0.581. The number of carbonyl (C=O) groups is 1. The van der Waals surface area contributed by atoms with E-state index in [0.29, 0.717) is 29.0 Å². The van der Waals surface area contributed by atoms with E-state index in [1.165, 1.54) is 37.7 Å². The van der Waals surface area contributed by atoms with Gasteiger partial charge in [0, 0.05) is 31.6 Å². The molecule has 39 heavy (non-hydrogen) atoms. The molecule has 0 radical (unpaired) electrons. The largest absolute Gasteiger partial charge is 0.455 e. The van der Waals surface area contributed by atoms with E-state index < -0.39 is 10.0 Å². The van der Waals surface area contributed by atoms with E-state index in [2.05, 4.69) is 34.0 Å². The van der Waals surface area contributed by atoms with Gasteiger partial charge in [-0.15, -0.1) is 0 Å². The van der Waals surface area contributed by atoms with Crippen LogP contribution in [0.4, 0.5) is 5.69 Å². The lowest BCUT2D eigenvalue weighted by molar-refractivity contribution is -0.128. The van der Waals surface area contributed by atoms with E-state index in [9.17, 15) is 13.2 Å². The normalized spacial score (nSPS) is 18.4. The molecule has 2 aliphatic rings. The second-order valence-electron chi connectivity index (χ2n) is 11.3. The molecule has 1 atom stereocenters. The zero-order chi connectivity index (χ0) is 27.7. The summed E-state index contributed by atoms with van der Waals surface area (Å²) in [6.45, 7) is 5.01. The van der Waals surface area contributed by atoms with Gasteiger partial charge in [-0.1, -0.05) is 63.3 Å². The molecule has 8 heteroatoms. The van der Waals surface area contributed by atoms with Crippen molar-refractivity contribution in [3.8, 4) is 11.5 Å².